The number of unbranched alkanes of at least 4 members (excludes halogenated alkanes) is 8. The summed E-state index contributed by atoms with van der Waals surface area (Å²) in [6.07, 6.45) is 12.2. The number of hydrogen-bond donors (Lipinski definition) is 0. The van der Waals surface area contributed by atoms with Crippen LogP contribution >= 0.6 is 0 Å². The van der Waals surface area contributed by atoms with Crippen LogP contribution in [0.3, 0.4) is 0 Å². The molecule has 0 aliphatic heterocycles. The number of carbonyl (C=O) groups is 1. The smallest absolute Gasteiger partial charge is 0.334 e. The summed E-state index contributed by atoms with van der Waals surface area (Å²) in [6, 6.07) is 1.09. The molecule has 0 unspecified atom stereocenters. The largest absolute Gasteiger partial charge is 0.463 e. The van der Waals surface area contributed by atoms with Gasteiger partial charge in [0.15, 0.2) is 0 Å². The van der Waals surface area contributed by atoms with Crippen LogP contribution in [0, 0.1) is 0 Å². The molecule has 0 fully saturated rings. The fourth-order valence-electron chi connectivity index (χ4n) is 2.30. The lowest BCUT2D eigenvalue weighted by molar-refractivity contribution is -0.137. The third kappa shape index (κ3) is 11.9. The second-order valence-corrected chi connectivity index (χ2v) is 9.43. The van der Waals surface area contributed by atoms with Crippen LogP contribution < -0.4 is 0 Å². The molecule has 0 aliphatic rings. The van der Waals surface area contributed by atoms with E-state index in [0.717, 1.165) is 18.9 Å². The van der Waals surface area contributed by atoms with Gasteiger partial charge in [-0.3, -0.25) is 0 Å². The molecule has 0 aromatic rings. The normalized spacial score (nSPS) is 11.4. The van der Waals surface area contributed by atoms with Crippen molar-refractivity contribution in [1.29, 1.82) is 0 Å². The highest BCUT2D eigenvalue weighted by molar-refractivity contribution is 6.65. The molecule has 0 aromatic heterocycles. The molecule has 4 nitrogen and oxygen atoms in total. The van der Waals surface area contributed by atoms with Crippen molar-refractivity contribution in [3.63, 3.8) is 0 Å². The van der Waals surface area contributed by atoms with E-state index in [-0.39, 0.29) is 5.97 Å². The predicted octanol–water partition coefficient (Wildman–Crippen LogP) is 4.59. The molecule has 0 aliphatic carbocycles. The van der Waals surface area contributed by atoms with Crippen molar-refractivity contribution in [3.05, 3.63) is 12.7 Å². The molecule has 0 saturated heterocycles. The summed E-state index contributed by atoms with van der Waals surface area (Å²) < 4.78 is 15.9. The Morgan fingerprint density at radius 2 is 1.36 bits per heavy atom. The van der Waals surface area contributed by atoms with Gasteiger partial charge in [-0.15, -0.1) is 0 Å². The zero-order chi connectivity index (χ0) is 16.7. The highest BCUT2D eigenvalue weighted by Crippen LogP contribution is 2.17. The third-order valence-electron chi connectivity index (χ3n) is 4.05. The molecular formula is C17H34O4Si. The maximum absolute atomic E-state index is 10.8. The second kappa shape index (κ2) is 14.0. The predicted molar refractivity (Wildman–Crippen MR) is 93.2 cm³/mol. The van der Waals surface area contributed by atoms with Gasteiger partial charge in [0, 0.05) is 20.3 Å². The highest BCUT2D eigenvalue weighted by Gasteiger charge is 2.27. The van der Waals surface area contributed by atoms with Crippen LogP contribution in [-0.4, -0.2) is 35.4 Å². The molecule has 0 radical (unpaired) electrons. The molecule has 0 heterocycles. The van der Waals surface area contributed by atoms with Crippen LogP contribution in [0.4, 0.5) is 0 Å². The summed E-state index contributed by atoms with van der Waals surface area (Å²) in [5, 5.41) is 0. The molecule has 0 saturated carbocycles. The van der Waals surface area contributed by atoms with Gasteiger partial charge in [0.2, 0.25) is 0 Å². The average Bonchev–Trinajstić information content (AvgIpc) is 2.55. The molecular weight excluding hydrogens is 296 g/mol. The van der Waals surface area contributed by atoms with Gasteiger partial charge < -0.3 is 13.6 Å². The van der Waals surface area contributed by atoms with Crippen molar-refractivity contribution in [2.75, 3.05) is 20.8 Å². The minimum atomic E-state index is -1.84. The van der Waals surface area contributed by atoms with Gasteiger partial charge in [-0.25, -0.2) is 4.79 Å². The molecule has 0 atom stereocenters. The molecule has 130 valence electrons. The molecule has 0 amide bonds. The number of hydrogen-bond acceptors (Lipinski definition) is 4. The summed E-state index contributed by atoms with van der Waals surface area (Å²) in [7, 11) is 1.67. The van der Waals surface area contributed by atoms with E-state index >= 15 is 0 Å². The Kier molecular flexibility index (Phi) is 13.6. The Morgan fingerprint density at radius 3 is 1.82 bits per heavy atom. The lowest BCUT2D eigenvalue weighted by atomic mass is 10.1. The minimum Gasteiger partial charge on any atom is -0.463 e. The topological polar surface area (TPSA) is 44.8 Å². The van der Waals surface area contributed by atoms with Crippen molar-refractivity contribution in [2.45, 2.75) is 70.4 Å². The first-order chi connectivity index (χ1) is 10.6. The van der Waals surface area contributed by atoms with Gasteiger partial charge in [0.05, 0.1) is 6.61 Å². The summed E-state index contributed by atoms with van der Waals surface area (Å²) >= 11 is 0. The molecule has 0 spiro atoms. The van der Waals surface area contributed by atoms with E-state index in [9.17, 15) is 4.79 Å². The van der Waals surface area contributed by atoms with Crippen molar-refractivity contribution in [3.8, 4) is 0 Å². The fraction of sp³-hybridized carbons (Fsp3) is 0.824. The molecule has 0 rings (SSSR count). The lowest BCUT2D eigenvalue weighted by Gasteiger charge is -2.22. The Bertz CT molecular complexity index is 290. The van der Waals surface area contributed by atoms with Gasteiger partial charge in [-0.1, -0.05) is 57.9 Å². The Hall–Kier alpha value is -0.653. The van der Waals surface area contributed by atoms with Crippen LogP contribution in [0.1, 0.15) is 57.8 Å². The van der Waals surface area contributed by atoms with Crippen molar-refractivity contribution < 1.29 is 18.4 Å². The summed E-state index contributed by atoms with van der Waals surface area (Å²) in [6.45, 7) is 6.01. The van der Waals surface area contributed by atoms with E-state index in [2.05, 4.69) is 13.1 Å². The molecule has 0 bridgehead atoms. The molecule has 5 heteroatoms. The van der Waals surface area contributed by atoms with Gasteiger partial charge in [0.25, 0.3) is 0 Å². The molecule has 22 heavy (non-hydrogen) atoms. The quantitative estimate of drug-likeness (QED) is 0.191. The second-order valence-electron chi connectivity index (χ2n) is 5.85. The zero-order valence-corrected chi connectivity index (χ0v) is 15.7. The van der Waals surface area contributed by atoms with Gasteiger partial charge in [0.1, 0.15) is 0 Å². The van der Waals surface area contributed by atoms with Crippen molar-refractivity contribution >= 4 is 14.5 Å². The van der Waals surface area contributed by atoms with Gasteiger partial charge in [-0.05, 0) is 19.0 Å². The summed E-state index contributed by atoms with van der Waals surface area (Å²) in [4.78, 5) is 10.8. The van der Waals surface area contributed by atoms with Crippen LogP contribution in [0.5, 0.6) is 0 Å². The van der Waals surface area contributed by atoms with E-state index in [1.165, 1.54) is 51.0 Å². The van der Waals surface area contributed by atoms with Gasteiger partial charge >= 0.3 is 14.5 Å². The van der Waals surface area contributed by atoms with Gasteiger partial charge in [-0.2, -0.15) is 0 Å². The number of esters is 1. The molecule has 0 N–H and O–H groups in total. The van der Waals surface area contributed by atoms with E-state index in [1.807, 2.05) is 0 Å². The number of ether oxygens (including phenoxy) is 1. The SMILES string of the molecule is C=CC(=O)OCCCCCCCCCCC[Si](C)(OC)OC. The van der Waals surface area contributed by atoms with E-state index in [0.29, 0.717) is 6.61 Å². The van der Waals surface area contributed by atoms with Crippen LogP contribution in [0.25, 0.3) is 0 Å². The van der Waals surface area contributed by atoms with E-state index < -0.39 is 8.56 Å². The maximum Gasteiger partial charge on any atom is 0.334 e. The summed E-state index contributed by atoms with van der Waals surface area (Å²) in [5.41, 5.74) is 0. The molecule has 0 aromatic carbocycles. The lowest BCUT2D eigenvalue weighted by Crippen LogP contribution is -2.35. The third-order valence-corrected chi connectivity index (χ3v) is 7.04. The van der Waals surface area contributed by atoms with Crippen molar-refractivity contribution in [1.82, 2.24) is 0 Å². The maximum atomic E-state index is 10.8. The Labute approximate surface area is 137 Å². The first-order valence-electron chi connectivity index (χ1n) is 8.47. The highest BCUT2D eigenvalue weighted by atomic mass is 28.4. The summed E-state index contributed by atoms with van der Waals surface area (Å²) in [5.74, 6) is -0.318. The van der Waals surface area contributed by atoms with Crippen LogP contribution in [0.2, 0.25) is 12.6 Å². The Morgan fingerprint density at radius 1 is 0.909 bits per heavy atom. The minimum absolute atomic E-state index is 0.318. The Balaban J connectivity index is 3.24. The first kappa shape index (κ1) is 21.3. The van der Waals surface area contributed by atoms with Crippen LogP contribution in [0.15, 0.2) is 12.7 Å². The van der Waals surface area contributed by atoms with Crippen molar-refractivity contribution in [2.24, 2.45) is 0 Å². The number of rotatable bonds is 15. The monoisotopic (exact) mass is 330 g/mol. The van der Waals surface area contributed by atoms with Crippen LogP contribution in [-0.2, 0) is 18.4 Å². The number of carbonyl (C=O) groups excluding carboxylic acids is 1. The zero-order valence-electron chi connectivity index (χ0n) is 14.7. The average molecular weight is 331 g/mol. The van der Waals surface area contributed by atoms with E-state index in [4.69, 9.17) is 13.6 Å². The fourth-order valence-corrected chi connectivity index (χ4v) is 3.77. The van der Waals surface area contributed by atoms with E-state index in [1.54, 1.807) is 14.2 Å². The standard InChI is InChI=1S/C17H34O4Si/c1-5-17(18)21-15-13-11-9-7-6-8-10-12-14-16-22(4,19-2)20-3/h5H,1,6-16H2,2-4H3. The first-order valence-corrected chi connectivity index (χ1v) is 11.0.